The first kappa shape index (κ1) is 20.6. The maximum absolute atomic E-state index is 13.0. The summed E-state index contributed by atoms with van der Waals surface area (Å²) in [7, 11) is 0. The third kappa shape index (κ3) is 4.41. The molecule has 0 atom stereocenters. The van der Waals surface area contributed by atoms with Gasteiger partial charge in [-0.3, -0.25) is 14.4 Å². The number of furan rings is 1. The number of amides is 1. The maximum Gasteiger partial charge on any atom is 0.240 e. The molecule has 0 saturated heterocycles. The Balaban J connectivity index is 1.72. The van der Waals surface area contributed by atoms with E-state index in [2.05, 4.69) is 10.3 Å². The van der Waals surface area contributed by atoms with Gasteiger partial charge in [-0.2, -0.15) is 0 Å². The number of aryl methyl sites for hydroxylation is 1. The largest absolute Gasteiger partial charge is 0.467 e. The quantitative estimate of drug-likeness (QED) is 0.468. The van der Waals surface area contributed by atoms with Gasteiger partial charge in [0.25, 0.3) is 0 Å². The number of carbonyl (C=O) groups is 2. The predicted octanol–water partition coefficient (Wildman–Crippen LogP) is 3.50. The SMILES string of the molecule is Cc1ccc2c(=O)c(C(=O)c3ccc(Cl)cc3)cn(CC(=O)NCc3ccco3)c2n1. The molecule has 0 radical (unpaired) electrons. The smallest absolute Gasteiger partial charge is 0.240 e. The average Bonchev–Trinajstić information content (AvgIpc) is 3.28. The molecule has 0 aliphatic carbocycles. The Labute approximate surface area is 182 Å². The van der Waals surface area contributed by atoms with E-state index in [1.807, 2.05) is 0 Å². The summed E-state index contributed by atoms with van der Waals surface area (Å²) < 4.78 is 6.73. The first-order valence-electron chi connectivity index (χ1n) is 9.52. The van der Waals surface area contributed by atoms with E-state index in [0.29, 0.717) is 27.7 Å². The normalized spacial score (nSPS) is 10.9. The Kier molecular flexibility index (Phi) is 5.68. The van der Waals surface area contributed by atoms with Crippen molar-refractivity contribution in [1.82, 2.24) is 14.9 Å². The number of benzene rings is 1. The second-order valence-corrected chi connectivity index (χ2v) is 7.45. The highest BCUT2D eigenvalue weighted by atomic mass is 35.5. The molecule has 4 rings (SSSR count). The highest BCUT2D eigenvalue weighted by Gasteiger charge is 2.19. The molecular weight excluding hydrogens is 418 g/mol. The molecule has 31 heavy (non-hydrogen) atoms. The predicted molar refractivity (Wildman–Crippen MR) is 116 cm³/mol. The van der Waals surface area contributed by atoms with E-state index in [-0.39, 0.29) is 29.9 Å². The maximum atomic E-state index is 13.0. The van der Waals surface area contributed by atoms with E-state index in [1.54, 1.807) is 55.5 Å². The number of aromatic nitrogens is 2. The van der Waals surface area contributed by atoms with Gasteiger partial charge in [-0.05, 0) is 55.5 Å². The van der Waals surface area contributed by atoms with Crippen molar-refractivity contribution in [2.75, 3.05) is 0 Å². The highest BCUT2D eigenvalue weighted by Crippen LogP contribution is 2.16. The summed E-state index contributed by atoms with van der Waals surface area (Å²) in [6, 6.07) is 13.1. The van der Waals surface area contributed by atoms with Gasteiger partial charge >= 0.3 is 0 Å². The molecule has 0 saturated carbocycles. The van der Waals surface area contributed by atoms with Crippen LogP contribution in [0.1, 0.15) is 27.4 Å². The number of nitrogens with one attached hydrogen (secondary N) is 1. The van der Waals surface area contributed by atoms with Crippen molar-refractivity contribution < 1.29 is 14.0 Å². The van der Waals surface area contributed by atoms with E-state index < -0.39 is 11.2 Å². The molecule has 0 aliphatic heterocycles. The van der Waals surface area contributed by atoms with Gasteiger partial charge < -0.3 is 14.3 Å². The molecule has 0 bridgehead atoms. The van der Waals surface area contributed by atoms with Crippen LogP contribution in [0.15, 0.2) is 70.2 Å². The number of rotatable bonds is 6. The van der Waals surface area contributed by atoms with Crippen molar-refractivity contribution in [3.8, 4) is 0 Å². The molecule has 3 heterocycles. The Morgan fingerprint density at radius 2 is 1.90 bits per heavy atom. The Morgan fingerprint density at radius 3 is 2.61 bits per heavy atom. The number of hydrogen-bond donors (Lipinski definition) is 1. The number of halogens is 1. The average molecular weight is 436 g/mol. The number of ketones is 1. The van der Waals surface area contributed by atoms with Crippen molar-refractivity contribution >= 4 is 34.3 Å². The first-order chi connectivity index (χ1) is 14.9. The molecule has 156 valence electrons. The van der Waals surface area contributed by atoms with E-state index in [9.17, 15) is 14.4 Å². The van der Waals surface area contributed by atoms with Crippen LogP contribution in [0.2, 0.25) is 5.02 Å². The third-order valence-corrected chi connectivity index (χ3v) is 5.02. The summed E-state index contributed by atoms with van der Waals surface area (Å²) >= 11 is 5.90. The van der Waals surface area contributed by atoms with E-state index >= 15 is 0 Å². The van der Waals surface area contributed by atoms with Gasteiger partial charge in [-0.25, -0.2) is 4.98 Å². The molecule has 0 spiro atoms. The minimum atomic E-state index is -0.450. The molecule has 0 aliphatic rings. The molecule has 1 aromatic carbocycles. The van der Waals surface area contributed by atoms with Crippen molar-refractivity contribution in [2.45, 2.75) is 20.0 Å². The molecule has 7 nitrogen and oxygen atoms in total. The number of carbonyl (C=O) groups excluding carboxylic acids is 2. The number of hydrogen-bond acceptors (Lipinski definition) is 5. The van der Waals surface area contributed by atoms with Crippen LogP contribution in [0, 0.1) is 6.92 Å². The standard InChI is InChI=1S/C23H18ClN3O4/c1-14-4-9-18-22(30)19(21(29)15-5-7-16(24)8-6-15)12-27(23(18)26-14)13-20(28)25-11-17-3-2-10-31-17/h2-10,12H,11,13H2,1H3,(H,25,28). The third-order valence-electron chi connectivity index (χ3n) is 4.77. The summed E-state index contributed by atoms with van der Waals surface area (Å²) in [4.78, 5) is 43.0. The van der Waals surface area contributed by atoms with Crippen molar-refractivity contribution in [3.05, 3.63) is 98.8 Å². The molecule has 0 fully saturated rings. The zero-order chi connectivity index (χ0) is 22.0. The second-order valence-electron chi connectivity index (χ2n) is 7.02. The lowest BCUT2D eigenvalue weighted by molar-refractivity contribution is -0.121. The molecule has 3 aromatic heterocycles. The fourth-order valence-corrected chi connectivity index (χ4v) is 3.33. The minimum Gasteiger partial charge on any atom is -0.467 e. The van der Waals surface area contributed by atoms with Crippen LogP contribution in [0.3, 0.4) is 0 Å². The van der Waals surface area contributed by atoms with Crippen LogP contribution in [-0.2, 0) is 17.9 Å². The van der Waals surface area contributed by atoms with Crippen LogP contribution in [0.4, 0.5) is 0 Å². The second kappa shape index (κ2) is 8.57. The van der Waals surface area contributed by atoms with Crippen LogP contribution >= 0.6 is 11.6 Å². The summed E-state index contributed by atoms with van der Waals surface area (Å²) in [6.07, 6.45) is 2.92. The van der Waals surface area contributed by atoms with Crippen LogP contribution in [0.5, 0.6) is 0 Å². The van der Waals surface area contributed by atoms with E-state index in [4.69, 9.17) is 16.0 Å². The van der Waals surface area contributed by atoms with Crippen LogP contribution in [-0.4, -0.2) is 21.2 Å². The minimum absolute atomic E-state index is 0.0423. The summed E-state index contributed by atoms with van der Waals surface area (Å²) in [5.41, 5.74) is 0.878. The zero-order valence-corrected chi connectivity index (χ0v) is 17.3. The van der Waals surface area contributed by atoms with E-state index in [1.165, 1.54) is 17.0 Å². The fraction of sp³-hybridized carbons (Fsp3) is 0.130. The Morgan fingerprint density at radius 1 is 1.13 bits per heavy atom. The number of pyridine rings is 2. The highest BCUT2D eigenvalue weighted by molar-refractivity contribution is 6.30. The number of fused-ring (bicyclic) bond motifs is 1. The Hall–Kier alpha value is -3.71. The molecule has 8 heteroatoms. The monoisotopic (exact) mass is 435 g/mol. The van der Waals surface area contributed by atoms with Crippen molar-refractivity contribution in [3.63, 3.8) is 0 Å². The van der Waals surface area contributed by atoms with Gasteiger partial charge in [0.15, 0.2) is 5.78 Å². The topological polar surface area (TPSA) is 94.2 Å². The fourth-order valence-electron chi connectivity index (χ4n) is 3.21. The molecule has 1 amide bonds. The first-order valence-corrected chi connectivity index (χ1v) is 9.90. The number of nitrogens with zero attached hydrogens (tertiary/aromatic N) is 2. The van der Waals surface area contributed by atoms with Gasteiger partial charge in [0.2, 0.25) is 11.3 Å². The van der Waals surface area contributed by atoms with Crippen molar-refractivity contribution in [2.24, 2.45) is 0 Å². The van der Waals surface area contributed by atoms with Gasteiger partial charge in [-0.1, -0.05) is 11.6 Å². The summed E-state index contributed by atoms with van der Waals surface area (Å²) in [6.45, 7) is 1.90. The summed E-state index contributed by atoms with van der Waals surface area (Å²) in [5, 5.41) is 3.51. The lowest BCUT2D eigenvalue weighted by atomic mass is 10.0. The summed E-state index contributed by atoms with van der Waals surface area (Å²) in [5.74, 6) is -0.144. The van der Waals surface area contributed by atoms with Crippen molar-refractivity contribution in [1.29, 1.82) is 0 Å². The Bertz CT molecular complexity index is 1330. The van der Waals surface area contributed by atoms with Crippen LogP contribution < -0.4 is 10.7 Å². The van der Waals surface area contributed by atoms with Gasteiger partial charge in [0.1, 0.15) is 18.0 Å². The molecular formula is C23H18ClN3O4. The van der Waals surface area contributed by atoms with Gasteiger partial charge in [-0.15, -0.1) is 0 Å². The zero-order valence-electron chi connectivity index (χ0n) is 16.6. The molecule has 1 N–H and O–H groups in total. The lowest BCUT2D eigenvalue weighted by Gasteiger charge is -2.13. The van der Waals surface area contributed by atoms with Gasteiger partial charge in [0, 0.05) is 22.5 Å². The molecule has 0 unspecified atom stereocenters. The van der Waals surface area contributed by atoms with E-state index in [0.717, 1.165) is 0 Å². The van der Waals surface area contributed by atoms with Crippen LogP contribution in [0.25, 0.3) is 11.0 Å². The lowest BCUT2D eigenvalue weighted by Crippen LogP contribution is -2.29. The molecule has 4 aromatic rings. The van der Waals surface area contributed by atoms with Gasteiger partial charge in [0.05, 0.1) is 23.8 Å².